The standard InChI is InChI=1S/C14H19N3O3/c15-14(19)17-11-5-3-4-10(8-11)13(18)16-9-12-6-1-2-7-20-12/h3-5,8,12H,1-2,6-7,9H2,(H,16,18)(H3,15,17,19)/t12-/m1/s1. The Kier molecular flexibility index (Phi) is 4.95. The van der Waals surface area contributed by atoms with E-state index in [4.69, 9.17) is 10.5 Å². The van der Waals surface area contributed by atoms with Gasteiger partial charge in [0.15, 0.2) is 0 Å². The maximum absolute atomic E-state index is 12.0. The van der Waals surface area contributed by atoms with Crippen LogP contribution in [0.25, 0.3) is 0 Å². The Balaban J connectivity index is 1.89. The second-order valence-corrected chi connectivity index (χ2v) is 4.77. The van der Waals surface area contributed by atoms with E-state index >= 15 is 0 Å². The summed E-state index contributed by atoms with van der Waals surface area (Å²) in [4.78, 5) is 22.8. The first kappa shape index (κ1) is 14.3. The Morgan fingerprint density at radius 2 is 2.20 bits per heavy atom. The van der Waals surface area contributed by atoms with Gasteiger partial charge in [0.25, 0.3) is 5.91 Å². The van der Waals surface area contributed by atoms with Crippen LogP contribution in [0.4, 0.5) is 10.5 Å². The van der Waals surface area contributed by atoms with E-state index in [-0.39, 0.29) is 12.0 Å². The van der Waals surface area contributed by atoms with Gasteiger partial charge < -0.3 is 21.1 Å². The minimum absolute atomic E-state index is 0.0969. The van der Waals surface area contributed by atoms with Gasteiger partial charge in [-0.05, 0) is 37.5 Å². The number of urea groups is 1. The SMILES string of the molecule is NC(=O)Nc1cccc(C(=O)NC[C@H]2CCCCO2)c1. The number of nitrogens with one attached hydrogen (secondary N) is 2. The summed E-state index contributed by atoms with van der Waals surface area (Å²) in [5.41, 5.74) is 6.02. The Morgan fingerprint density at radius 1 is 1.35 bits per heavy atom. The van der Waals surface area contributed by atoms with Crippen molar-refractivity contribution < 1.29 is 14.3 Å². The fraction of sp³-hybridized carbons (Fsp3) is 0.429. The highest BCUT2D eigenvalue weighted by atomic mass is 16.5. The van der Waals surface area contributed by atoms with Gasteiger partial charge in [0.05, 0.1) is 6.10 Å². The molecule has 1 aromatic rings. The summed E-state index contributed by atoms with van der Waals surface area (Å²) < 4.78 is 5.55. The fourth-order valence-electron chi connectivity index (χ4n) is 2.16. The lowest BCUT2D eigenvalue weighted by molar-refractivity contribution is 0.0169. The van der Waals surface area contributed by atoms with E-state index in [1.54, 1.807) is 24.3 Å². The molecule has 0 aliphatic carbocycles. The predicted molar refractivity (Wildman–Crippen MR) is 75.6 cm³/mol. The van der Waals surface area contributed by atoms with Crippen molar-refractivity contribution in [3.8, 4) is 0 Å². The number of carbonyl (C=O) groups is 2. The summed E-state index contributed by atoms with van der Waals surface area (Å²) in [6.45, 7) is 1.27. The molecule has 0 aromatic heterocycles. The first-order valence-electron chi connectivity index (χ1n) is 6.71. The number of primary amides is 1. The number of benzene rings is 1. The van der Waals surface area contributed by atoms with Gasteiger partial charge in [-0.25, -0.2) is 4.79 Å². The van der Waals surface area contributed by atoms with Crippen molar-refractivity contribution in [1.29, 1.82) is 0 Å². The number of rotatable bonds is 4. The van der Waals surface area contributed by atoms with Crippen molar-refractivity contribution in [1.82, 2.24) is 5.32 Å². The normalized spacial score (nSPS) is 18.3. The molecule has 0 spiro atoms. The summed E-state index contributed by atoms with van der Waals surface area (Å²) in [5.74, 6) is -0.188. The Hall–Kier alpha value is -2.08. The average molecular weight is 277 g/mol. The van der Waals surface area contributed by atoms with Gasteiger partial charge in [0.1, 0.15) is 0 Å². The molecule has 1 aromatic carbocycles. The Bertz CT molecular complexity index is 484. The van der Waals surface area contributed by atoms with E-state index in [2.05, 4.69) is 10.6 Å². The van der Waals surface area contributed by atoms with Crippen LogP contribution in [0.1, 0.15) is 29.6 Å². The number of hydrogen-bond acceptors (Lipinski definition) is 3. The van der Waals surface area contributed by atoms with Gasteiger partial charge in [0.2, 0.25) is 0 Å². The highest BCUT2D eigenvalue weighted by Gasteiger charge is 2.15. The third-order valence-electron chi connectivity index (χ3n) is 3.16. The predicted octanol–water partition coefficient (Wildman–Crippen LogP) is 1.48. The molecule has 1 aliphatic heterocycles. The molecule has 2 rings (SSSR count). The smallest absolute Gasteiger partial charge is 0.316 e. The Labute approximate surface area is 117 Å². The fourth-order valence-corrected chi connectivity index (χ4v) is 2.16. The third-order valence-corrected chi connectivity index (χ3v) is 3.16. The zero-order valence-electron chi connectivity index (χ0n) is 11.2. The molecular formula is C14H19N3O3. The van der Waals surface area contributed by atoms with Crippen LogP contribution in [-0.4, -0.2) is 31.2 Å². The first-order valence-corrected chi connectivity index (χ1v) is 6.71. The van der Waals surface area contributed by atoms with Gasteiger partial charge in [-0.15, -0.1) is 0 Å². The maximum atomic E-state index is 12.0. The van der Waals surface area contributed by atoms with E-state index in [1.807, 2.05) is 0 Å². The van der Waals surface area contributed by atoms with E-state index < -0.39 is 6.03 Å². The van der Waals surface area contributed by atoms with Crippen LogP contribution >= 0.6 is 0 Å². The zero-order chi connectivity index (χ0) is 14.4. The monoisotopic (exact) mass is 277 g/mol. The number of ether oxygens (including phenoxy) is 1. The van der Waals surface area contributed by atoms with Crippen molar-refractivity contribution >= 4 is 17.6 Å². The van der Waals surface area contributed by atoms with Gasteiger partial charge in [-0.1, -0.05) is 6.07 Å². The average Bonchev–Trinajstić information content (AvgIpc) is 2.45. The molecule has 1 saturated heterocycles. The number of nitrogens with two attached hydrogens (primary N) is 1. The van der Waals surface area contributed by atoms with E-state index in [1.165, 1.54) is 0 Å². The summed E-state index contributed by atoms with van der Waals surface area (Å²) >= 11 is 0. The van der Waals surface area contributed by atoms with E-state index in [0.29, 0.717) is 17.8 Å². The molecule has 1 fully saturated rings. The zero-order valence-corrected chi connectivity index (χ0v) is 11.2. The summed E-state index contributed by atoms with van der Waals surface area (Å²) in [7, 11) is 0. The summed E-state index contributed by atoms with van der Waals surface area (Å²) in [6, 6.07) is 5.98. The largest absolute Gasteiger partial charge is 0.376 e. The number of hydrogen-bond donors (Lipinski definition) is 3. The second-order valence-electron chi connectivity index (χ2n) is 4.77. The number of carbonyl (C=O) groups excluding carboxylic acids is 2. The maximum Gasteiger partial charge on any atom is 0.316 e. The molecule has 3 amide bonds. The lowest BCUT2D eigenvalue weighted by atomic mass is 10.1. The molecule has 6 nitrogen and oxygen atoms in total. The molecule has 0 bridgehead atoms. The number of anilines is 1. The second kappa shape index (κ2) is 6.91. The van der Waals surface area contributed by atoms with Crippen molar-refractivity contribution in [2.45, 2.75) is 25.4 Å². The highest BCUT2D eigenvalue weighted by molar-refractivity contribution is 5.96. The molecule has 1 heterocycles. The van der Waals surface area contributed by atoms with Gasteiger partial charge in [-0.3, -0.25) is 4.79 Å². The minimum Gasteiger partial charge on any atom is -0.376 e. The van der Waals surface area contributed by atoms with Crippen LogP contribution in [0.15, 0.2) is 24.3 Å². The minimum atomic E-state index is -0.654. The Morgan fingerprint density at radius 3 is 2.90 bits per heavy atom. The molecule has 1 aliphatic rings. The molecule has 0 radical (unpaired) electrons. The van der Waals surface area contributed by atoms with Crippen molar-refractivity contribution in [2.24, 2.45) is 5.73 Å². The van der Waals surface area contributed by atoms with Crippen LogP contribution in [0.3, 0.4) is 0 Å². The van der Waals surface area contributed by atoms with Gasteiger partial charge in [-0.2, -0.15) is 0 Å². The van der Waals surface area contributed by atoms with E-state index in [0.717, 1.165) is 25.9 Å². The van der Waals surface area contributed by atoms with Crippen molar-refractivity contribution in [2.75, 3.05) is 18.5 Å². The molecule has 6 heteroatoms. The van der Waals surface area contributed by atoms with Crippen LogP contribution in [0.2, 0.25) is 0 Å². The van der Waals surface area contributed by atoms with Gasteiger partial charge >= 0.3 is 6.03 Å². The first-order chi connectivity index (χ1) is 9.65. The molecule has 20 heavy (non-hydrogen) atoms. The van der Waals surface area contributed by atoms with Crippen LogP contribution in [-0.2, 0) is 4.74 Å². The summed E-state index contributed by atoms with van der Waals surface area (Å²) in [5, 5.41) is 5.28. The highest BCUT2D eigenvalue weighted by Crippen LogP contribution is 2.13. The molecule has 1 atom stereocenters. The number of amides is 3. The topological polar surface area (TPSA) is 93.5 Å². The molecule has 0 unspecified atom stereocenters. The third kappa shape index (κ3) is 4.24. The molecule has 0 saturated carbocycles. The van der Waals surface area contributed by atoms with E-state index in [9.17, 15) is 9.59 Å². The van der Waals surface area contributed by atoms with Crippen molar-refractivity contribution in [3.63, 3.8) is 0 Å². The molecular weight excluding hydrogens is 258 g/mol. The summed E-state index contributed by atoms with van der Waals surface area (Å²) in [6.07, 6.45) is 3.30. The lowest BCUT2D eigenvalue weighted by Crippen LogP contribution is -2.35. The molecule has 108 valence electrons. The van der Waals surface area contributed by atoms with Crippen molar-refractivity contribution in [3.05, 3.63) is 29.8 Å². The van der Waals surface area contributed by atoms with Crippen LogP contribution in [0.5, 0.6) is 0 Å². The van der Waals surface area contributed by atoms with Crippen LogP contribution in [0, 0.1) is 0 Å². The quantitative estimate of drug-likeness (QED) is 0.778. The molecule has 4 N–H and O–H groups in total. The lowest BCUT2D eigenvalue weighted by Gasteiger charge is -2.22. The van der Waals surface area contributed by atoms with Gasteiger partial charge in [0, 0.05) is 24.4 Å². The van der Waals surface area contributed by atoms with Crippen LogP contribution < -0.4 is 16.4 Å².